The standard InChI is InChI=1S/C18H30F6N4O/c1-16(2)9-5-3-4-6-11(18(22,23)24)14-27-28-15(29-14)12-8-7-10(17(19,20)21)13(25-12)26-16/h10-15,25-28H,3-9H2,1-2H3/t10?,11-,12?,13?,14?,15?/m1/s1. The molecule has 0 amide bonds. The lowest BCUT2D eigenvalue weighted by Crippen LogP contribution is -2.66. The van der Waals surface area contributed by atoms with Gasteiger partial charge in [0.05, 0.1) is 18.0 Å². The quantitative estimate of drug-likeness (QED) is 0.442. The molecule has 0 radical (unpaired) electrons. The summed E-state index contributed by atoms with van der Waals surface area (Å²) >= 11 is 0. The maximum Gasteiger partial charge on any atom is 0.395 e. The molecule has 0 saturated carbocycles. The van der Waals surface area contributed by atoms with Gasteiger partial charge in [-0.05, 0) is 39.5 Å². The highest BCUT2D eigenvalue weighted by Gasteiger charge is 2.52. The van der Waals surface area contributed by atoms with Gasteiger partial charge in [0.25, 0.3) is 0 Å². The van der Waals surface area contributed by atoms with Crippen molar-refractivity contribution < 1.29 is 31.1 Å². The van der Waals surface area contributed by atoms with Crippen LogP contribution in [-0.2, 0) is 4.74 Å². The molecule has 3 rings (SSSR count). The minimum Gasteiger partial charge on any atom is -0.340 e. The maximum absolute atomic E-state index is 13.6. The summed E-state index contributed by atoms with van der Waals surface area (Å²) in [6.07, 6.45) is -9.78. The number of fused-ring (bicyclic) bond motifs is 5. The Morgan fingerprint density at radius 1 is 0.793 bits per heavy atom. The highest BCUT2D eigenvalue weighted by atomic mass is 19.4. The molecule has 3 fully saturated rings. The van der Waals surface area contributed by atoms with Gasteiger partial charge < -0.3 is 4.74 Å². The molecule has 11 heteroatoms. The molecule has 0 aliphatic carbocycles. The van der Waals surface area contributed by atoms with Crippen LogP contribution in [0.15, 0.2) is 0 Å². The Morgan fingerprint density at radius 2 is 1.45 bits per heavy atom. The summed E-state index contributed by atoms with van der Waals surface area (Å²) in [5.74, 6) is -3.24. The lowest BCUT2D eigenvalue weighted by atomic mass is 9.87. The number of halogens is 6. The van der Waals surface area contributed by atoms with Gasteiger partial charge in [0.15, 0.2) is 0 Å². The van der Waals surface area contributed by atoms with Crippen molar-refractivity contribution >= 4 is 0 Å². The van der Waals surface area contributed by atoms with Crippen LogP contribution in [0.4, 0.5) is 26.3 Å². The van der Waals surface area contributed by atoms with E-state index in [-0.39, 0.29) is 19.3 Å². The van der Waals surface area contributed by atoms with Gasteiger partial charge in [0.1, 0.15) is 12.5 Å². The number of hydrogen-bond acceptors (Lipinski definition) is 5. The number of hydrogen-bond donors (Lipinski definition) is 4. The van der Waals surface area contributed by atoms with Crippen molar-refractivity contribution in [1.29, 1.82) is 0 Å². The molecule has 5 nitrogen and oxygen atoms in total. The van der Waals surface area contributed by atoms with Crippen molar-refractivity contribution in [3.05, 3.63) is 0 Å². The monoisotopic (exact) mass is 432 g/mol. The van der Waals surface area contributed by atoms with Crippen LogP contribution in [0.5, 0.6) is 0 Å². The first-order valence-corrected chi connectivity index (χ1v) is 10.2. The van der Waals surface area contributed by atoms with E-state index in [9.17, 15) is 26.3 Å². The van der Waals surface area contributed by atoms with Gasteiger partial charge in [0.2, 0.25) is 0 Å². The zero-order chi connectivity index (χ0) is 21.4. The zero-order valence-electron chi connectivity index (χ0n) is 16.6. The zero-order valence-corrected chi connectivity index (χ0v) is 16.6. The van der Waals surface area contributed by atoms with Crippen molar-refractivity contribution in [1.82, 2.24) is 21.5 Å². The summed E-state index contributed by atoms with van der Waals surface area (Å²) < 4.78 is 86.9. The Hall–Kier alpha value is -0.620. The molecule has 0 aromatic rings. The van der Waals surface area contributed by atoms with E-state index in [4.69, 9.17) is 4.74 Å². The molecule has 6 atom stereocenters. The molecule has 5 unspecified atom stereocenters. The molecule has 4 bridgehead atoms. The highest BCUT2D eigenvalue weighted by molar-refractivity contribution is 4.96. The number of hydrazine groups is 1. The molecule has 0 spiro atoms. The normalized spacial score (nSPS) is 39.7. The number of nitrogens with one attached hydrogen (secondary N) is 4. The van der Waals surface area contributed by atoms with E-state index >= 15 is 0 Å². The smallest absolute Gasteiger partial charge is 0.340 e. The second-order valence-corrected chi connectivity index (χ2v) is 9.02. The summed E-state index contributed by atoms with van der Waals surface area (Å²) in [5, 5.41) is 6.07. The van der Waals surface area contributed by atoms with Crippen LogP contribution in [-0.4, -0.2) is 42.6 Å². The maximum atomic E-state index is 13.6. The van der Waals surface area contributed by atoms with Gasteiger partial charge in [-0.15, -0.1) is 0 Å². The van der Waals surface area contributed by atoms with Crippen molar-refractivity contribution in [2.45, 2.75) is 101 Å². The second-order valence-electron chi connectivity index (χ2n) is 9.02. The van der Waals surface area contributed by atoms with Crippen LogP contribution in [0.25, 0.3) is 0 Å². The third kappa shape index (κ3) is 5.75. The predicted octanol–water partition coefficient (Wildman–Crippen LogP) is 3.53. The van der Waals surface area contributed by atoms with E-state index in [0.29, 0.717) is 25.7 Å². The third-order valence-corrected chi connectivity index (χ3v) is 6.18. The lowest BCUT2D eigenvalue weighted by Gasteiger charge is -2.44. The summed E-state index contributed by atoms with van der Waals surface area (Å²) in [4.78, 5) is 0. The van der Waals surface area contributed by atoms with E-state index in [1.807, 2.05) is 13.8 Å². The predicted molar refractivity (Wildman–Crippen MR) is 94.3 cm³/mol. The van der Waals surface area contributed by atoms with Crippen molar-refractivity contribution in [2.24, 2.45) is 11.8 Å². The first-order valence-electron chi connectivity index (χ1n) is 10.2. The van der Waals surface area contributed by atoms with Crippen LogP contribution in [0.1, 0.15) is 58.8 Å². The first-order chi connectivity index (χ1) is 13.4. The minimum atomic E-state index is -4.42. The van der Waals surface area contributed by atoms with Crippen LogP contribution < -0.4 is 21.5 Å². The Morgan fingerprint density at radius 3 is 2.10 bits per heavy atom. The van der Waals surface area contributed by atoms with Crippen molar-refractivity contribution in [3.63, 3.8) is 0 Å². The van der Waals surface area contributed by atoms with E-state index in [0.717, 1.165) is 0 Å². The molecule has 0 aromatic heterocycles. The topological polar surface area (TPSA) is 57.4 Å². The SMILES string of the molecule is CC1(C)CCCCC[C@@H](C(F)(F)F)C2NNC(O2)C2CCC(C(F)(F)F)C(N2)N1. The van der Waals surface area contributed by atoms with Gasteiger partial charge in [-0.1, -0.05) is 19.3 Å². The molecule has 3 aliphatic rings. The average molecular weight is 432 g/mol. The lowest BCUT2D eigenvalue weighted by molar-refractivity contribution is -0.214. The highest BCUT2D eigenvalue weighted by Crippen LogP contribution is 2.39. The largest absolute Gasteiger partial charge is 0.395 e. The van der Waals surface area contributed by atoms with Gasteiger partial charge in [0, 0.05) is 11.6 Å². The molecular weight excluding hydrogens is 402 g/mol. The van der Waals surface area contributed by atoms with E-state index < -0.39 is 54.4 Å². The Kier molecular flexibility index (Phi) is 6.75. The molecule has 0 aromatic carbocycles. The van der Waals surface area contributed by atoms with Crippen molar-refractivity contribution in [2.75, 3.05) is 0 Å². The average Bonchev–Trinajstić information content (AvgIpc) is 3.04. The Balaban J connectivity index is 1.81. The van der Waals surface area contributed by atoms with Gasteiger partial charge >= 0.3 is 12.4 Å². The van der Waals surface area contributed by atoms with Crippen LogP contribution in [0.2, 0.25) is 0 Å². The molecule has 29 heavy (non-hydrogen) atoms. The van der Waals surface area contributed by atoms with Crippen LogP contribution in [0, 0.1) is 11.8 Å². The summed E-state index contributed by atoms with van der Waals surface area (Å²) in [6, 6.07) is -0.545. The second kappa shape index (κ2) is 8.49. The summed E-state index contributed by atoms with van der Waals surface area (Å²) in [6.45, 7) is 3.66. The van der Waals surface area contributed by atoms with Gasteiger partial charge in [-0.3, -0.25) is 10.6 Å². The van der Waals surface area contributed by atoms with E-state index in [1.165, 1.54) is 0 Å². The number of rotatable bonds is 0. The Bertz CT molecular complexity index is 555. The first kappa shape index (κ1) is 23.1. The Labute approximate surface area is 166 Å². The van der Waals surface area contributed by atoms with Crippen LogP contribution >= 0.6 is 0 Å². The molecule has 4 N–H and O–H groups in total. The summed E-state index contributed by atoms with van der Waals surface area (Å²) in [7, 11) is 0. The fraction of sp³-hybridized carbons (Fsp3) is 1.00. The van der Waals surface area contributed by atoms with E-state index in [1.54, 1.807) is 0 Å². The number of alkyl halides is 6. The third-order valence-electron chi connectivity index (χ3n) is 6.18. The minimum absolute atomic E-state index is 0.0553. The molecular formula is C18H30F6N4O. The fourth-order valence-electron chi connectivity index (χ4n) is 4.56. The fourth-order valence-corrected chi connectivity index (χ4v) is 4.56. The molecule has 3 aliphatic heterocycles. The molecule has 3 saturated heterocycles. The van der Waals surface area contributed by atoms with Crippen LogP contribution in [0.3, 0.4) is 0 Å². The van der Waals surface area contributed by atoms with Gasteiger partial charge in [-0.25, -0.2) is 10.9 Å². The number of ether oxygens (including phenoxy) is 1. The van der Waals surface area contributed by atoms with E-state index in [2.05, 4.69) is 21.5 Å². The summed E-state index contributed by atoms with van der Waals surface area (Å²) in [5.41, 5.74) is 4.70. The molecule has 3 heterocycles. The van der Waals surface area contributed by atoms with Crippen molar-refractivity contribution in [3.8, 4) is 0 Å². The number of piperidine rings is 1. The van der Waals surface area contributed by atoms with Gasteiger partial charge in [-0.2, -0.15) is 26.3 Å². The molecule has 170 valence electrons.